The minimum absolute atomic E-state index is 0.0225. The third kappa shape index (κ3) is 18.2. The molecule has 0 spiro atoms. The van der Waals surface area contributed by atoms with Crippen LogP contribution in [0.2, 0.25) is 0 Å². The first-order valence-electron chi connectivity index (χ1n) is 8.87. The molecule has 0 saturated carbocycles. The van der Waals surface area contributed by atoms with Crippen LogP contribution in [0.1, 0.15) is 64.7 Å². The Morgan fingerprint density at radius 1 is 0.773 bits per heavy atom. The molecule has 0 aliphatic rings. The van der Waals surface area contributed by atoms with Gasteiger partial charge in [-0.3, -0.25) is 0 Å². The normalized spacial score (nSPS) is 12.7. The zero-order valence-corrected chi connectivity index (χ0v) is 15.2. The highest BCUT2D eigenvalue weighted by Gasteiger charge is 2.02. The Morgan fingerprint density at radius 3 is 1.95 bits per heavy atom. The lowest BCUT2D eigenvalue weighted by Crippen LogP contribution is -2.13. The van der Waals surface area contributed by atoms with Gasteiger partial charge in [0.25, 0.3) is 0 Å². The van der Waals surface area contributed by atoms with Gasteiger partial charge in [-0.25, -0.2) is 0 Å². The van der Waals surface area contributed by atoms with Gasteiger partial charge in [-0.05, 0) is 6.42 Å². The first-order chi connectivity index (χ1) is 10.8. The zero-order valence-electron chi connectivity index (χ0n) is 14.3. The smallest absolute Gasteiger partial charge is 0.100 e. The summed E-state index contributed by atoms with van der Waals surface area (Å²) in [5.41, 5.74) is 0.0225. The van der Waals surface area contributed by atoms with Gasteiger partial charge in [0.2, 0.25) is 0 Å². The van der Waals surface area contributed by atoms with Crippen molar-refractivity contribution in [3.63, 3.8) is 0 Å². The molecule has 0 radical (unpaired) electrons. The summed E-state index contributed by atoms with van der Waals surface area (Å²) < 4.78 is 16.0. The molecule has 0 heterocycles. The Kier molecular flexibility index (Phi) is 19.4. The lowest BCUT2D eigenvalue weighted by Gasteiger charge is -2.12. The second-order valence-electron chi connectivity index (χ2n) is 5.54. The van der Waals surface area contributed by atoms with E-state index < -0.39 is 0 Å². The molecule has 22 heavy (non-hydrogen) atoms. The standard InChI is InChI=1S/C17H36O4S/c1-2-3-4-5-6-7-8-9-10-17(22)21-16-15-20-14-13-19-12-11-18/h17-18,22H,2-16H2,1H3. The molecule has 5 heteroatoms. The van der Waals surface area contributed by atoms with Gasteiger partial charge in [-0.2, -0.15) is 0 Å². The highest BCUT2D eigenvalue weighted by atomic mass is 32.1. The van der Waals surface area contributed by atoms with E-state index in [2.05, 4.69) is 19.6 Å². The Balaban J connectivity index is 3.11. The zero-order chi connectivity index (χ0) is 16.3. The Bertz CT molecular complexity index is 185. The van der Waals surface area contributed by atoms with Crippen molar-refractivity contribution in [1.82, 2.24) is 0 Å². The van der Waals surface area contributed by atoms with Crippen LogP contribution in [0.25, 0.3) is 0 Å². The summed E-state index contributed by atoms with van der Waals surface area (Å²) in [7, 11) is 0. The number of ether oxygens (including phenoxy) is 3. The molecular formula is C17H36O4S. The first-order valence-corrected chi connectivity index (χ1v) is 9.39. The maximum Gasteiger partial charge on any atom is 0.100 e. The summed E-state index contributed by atoms with van der Waals surface area (Å²) >= 11 is 4.44. The Hall–Kier alpha value is 0.190. The molecule has 0 aromatic heterocycles. The fourth-order valence-electron chi connectivity index (χ4n) is 2.17. The van der Waals surface area contributed by atoms with Crippen LogP contribution < -0.4 is 0 Å². The highest BCUT2D eigenvalue weighted by molar-refractivity contribution is 7.80. The van der Waals surface area contributed by atoms with Crippen molar-refractivity contribution in [2.45, 2.75) is 70.1 Å². The Labute approximate surface area is 142 Å². The van der Waals surface area contributed by atoms with Crippen LogP contribution in [0, 0.1) is 0 Å². The van der Waals surface area contributed by atoms with Gasteiger partial charge in [-0.1, -0.05) is 58.3 Å². The van der Waals surface area contributed by atoms with Gasteiger partial charge in [-0.15, -0.1) is 12.6 Å². The fourth-order valence-corrected chi connectivity index (χ4v) is 2.45. The minimum atomic E-state index is 0.0225. The SMILES string of the molecule is CCCCCCCCCCC(S)OCCOCCOCCO. The van der Waals surface area contributed by atoms with Gasteiger partial charge in [0, 0.05) is 0 Å². The quantitative estimate of drug-likeness (QED) is 0.227. The van der Waals surface area contributed by atoms with Crippen LogP contribution in [0.5, 0.6) is 0 Å². The summed E-state index contributed by atoms with van der Waals surface area (Å²) in [6, 6.07) is 0. The van der Waals surface area contributed by atoms with Gasteiger partial charge in [0.15, 0.2) is 0 Å². The summed E-state index contributed by atoms with van der Waals surface area (Å²) in [6.45, 7) is 4.88. The molecule has 0 rings (SSSR count). The van der Waals surface area contributed by atoms with Crippen LogP contribution in [-0.2, 0) is 14.2 Å². The number of unbranched alkanes of at least 4 members (excludes halogenated alkanes) is 7. The number of thiol groups is 1. The van der Waals surface area contributed by atoms with E-state index in [4.69, 9.17) is 19.3 Å². The van der Waals surface area contributed by atoms with Crippen LogP contribution in [0.4, 0.5) is 0 Å². The van der Waals surface area contributed by atoms with E-state index in [0.717, 1.165) is 6.42 Å². The van der Waals surface area contributed by atoms with Crippen LogP contribution in [-0.4, -0.2) is 50.2 Å². The van der Waals surface area contributed by atoms with E-state index in [9.17, 15) is 0 Å². The van der Waals surface area contributed by atoms with Crippen molar-refractivity contribution in [1.29, 1.82) is 0 Å². The lowest BCUT2D eigenvalue weighted by atomic mass is 10.1. The van der Waals surface area contributed by atoms with Gasteiger partial charge in [0.05, 0.1) is 39.6 Å². The largest absolute Gasteiger partial charge is 0.394 e. The van der Waals surface area contributed by atoms with E-state index in [0.29, 0.717) is 33.0 Å². The molecule has 0 aromatic carbocycles. The van der Waals surface area contributed by atoms with Gasteiger partial charge >= 0.3 is 0 Å². The predicted octanol–water partition coefficient (Wildman–Crippen LogP) is 3.82. The number of hydrogen-bond acceptors (Lipinski definition) is 5. The number of aliphatic hydroxyl groups is 1. The maximum atomic E-state index is 8.53. The van der Waals surface area contributed by atoms with E-state index >= 15 is 0 Å². The average molecular weight is 337 g/mol. The molecule has 0 fully saturated rings. The van der Waals surface area contributed by atoms with Crippen LogP contribution in [0.15, 0.2) is 0 Å². The minimum Gasteiger partial charge on any atom is -0.394 e. The second kappa shape index (κ2) is 19.2. The molecule has 0 bridgehead atoms. The van der Waals surface area contributed by atoms with Crippen molar-refractivity contribution < 1.29 is 19.3 Å². The lowest BCUT2D eigenvalue weighted by molar-refractivity contribution is 0.00224. The fraction of sp³-hybridized carbons (Fsp3) is 1.00. The number of aliphatic hydroxyl groups excluding tert-OH is 1. The monoisotopic (exact) mass is 336 g/mol. The van der Waals surface area contributed by atoms with Crippen molar-refractivity contribution >= 4 is 12.6 Å². The molecule has 1 atom stereocenters. The van der Waals surface area contributed by atoms with Gasteiger partial charge < -0.3 is 19.3 Å². The van der Waals surface area contributed by atoms with E-state index in [1.54, 1.807) is 0 Å². The van der Waals surface area contributed by atoms with Crippen molar-refractivity contribution in [2.24, 2.45) is 0 Å². The molecule has 134 valence electrons. The molecule has 0 aliphatic heterocycles. The number of hydrogen-bond donors (Lipinski definition) is 2. The maximum absolute atomic E-state index is 8.53. The van der Waals surface area contributed by atoms with Crippen molar-refractivity contribution in [3.05, 3.63) is 0 Å². The third-order valence-electron chi connectivity index (χ3n) is 3.45. The van der Waals surface area contributed by atoms with Gasteiger partial charge in [0.1, 0.15) is 5.44 Å². The molecule has 1 N–H and O–H groups in total. The summed E-state index contributed by atoms with van der Waals surface area (Å²) in [5, 5.41) is 8.53. The summed E-state index contributed by atoms with van der Waals surface area (Å²) in [5.74, 6) is 0. The molecule has 0 amide bonds. The molecule has 0 saturated heterocycles. The van der Waals surface area contributed by atoms with Crippen molar-refractivity contribution in [2.75, 3.05) is 39.6 Å². The predicted molar refractivity (Wildman–Crippen MR) is 94.7 cm³/mol. The van der Waals surface area contributed by atoms with Crippen LogP contribution >= 0.6 is 12.6 Å². The Morgan fingerprint density at radius 2 is 1.32 bits per heavy atom. The summed E-state index contributed by atoms with van der Waals surface area (Å²) in [4.78, 5) is 0. The van der Waals surface area contributed by atoms with Crippen molar-refractivity contribution in [3.8, 4) is 0 Å². The summed E-state index contributed by atoms with van der Waals surface area (Å²) in [6.07, 6.45) is 11.7. The van der Waals surface area contributed by atoms with E-state index in [1.165, 1.54) is 51.4 Å². The molecule has 0 aliphatic carbocycles. The highest BCUT2D eigenvalue weighted by Crippen LogP contribution is 2.13. The van der Waals surface area contributed by atoms with E-state index in [1.807, 2.05) is 0 Å². The molecule has 1 unspecified atom stereocenters. The first kappa shape index (κ1) is 22.2. The average Bonchev–Trinajstić information content (AvgIpc) is 2.52. The topological polar surface area (TPSA) is 47.9 Å². The van der Waals surface area contributed by atoms with E-state index in [-0.39, 0.29) is 12.0 Å². The number of rotatable bonds is 18. The second-order valence-corrected chi connectivity index (χ2v) is 6.11. The molecular weight excluding hydrogens is 300 g/mol. The van der Waals surface area contributed by atoms with Crippen LogP contribution in [0.3, 0.4) is 0 Å². The third-order valence-corrected chi connectivity index (χ3v) is 3.86. The molecule has 4 nitrogen and oxygen atoms in total. The molecule has 0 aromatic rings.